The summed E-state index contributed by atoms with van der Waals surface area (Å²) in [5, 5.41) is 0. The first-order chi connectivity index (χ1) is 10.9. The Morgan fingerprint density at radius 2 is 1.61 bits per heavy atom. The summed E-state index contributed by atoms with van der Waals surface area (Å²) >= 11 is 0. The molecule has 1 amide bonds. The molecule has 0 heterocycles. The van der Waals surface area contributed by atoms with E-state index in [4.69, 9.17) is 4.74 Å². The van der Waals surface area contributed by atoms with Gasteiger partial charge in [0.15, 0.2) is 6.10 Å². The van der Waals surface area contributed by atoms with Gasteiger partial charge in [0.25, 0.3) is 5.91 Å². The number of nitrogens with one attached hydrogen (secondary N) is 2. The Balaban J connectivity index is 1.88. The van der Waals surface area contributed by atoms with Gasteiger partial charge in [-0.15, -0.1) is 0 Å². The number of benzene rings is 2. The largest absolute Gasteiger partial charge is 0.481 e. The van der Waals surface area contributed by atoms with Gasteiger partial charge in [0.05, 0.1) is 5.69 Å². The molecule has 23 heavy (non-hydrogen) atoms. The molecule has 0 aliphatic carbocycles. The highest BCUT2D eigenvalue weighted by Crippen LogP contribution is 2.24. The van der Waals surface area contributed by atoms with Crippen LogP contribution in [-0.4, -0.2) is 12.0 Å². The predicted molar refractivity (Wildman–Crippen MR) is 93.4 cm³/mol. The zero-order valence-corrected chi connectivity index (χ0v) is 14.1. The summed E-state index contributed by atoms with van der Waals surface area (Å²) in [6, 6.07) is 17.3. The van der Waals surface area contributed by atoms with Gasteiger partial charge in [-0.2, -0.15) is 0 Å². The monoisotopic (exact) mass is 312 g/mol. The number of hydrazine groups is 1. The molecule has 0 spiro atoms. The van der Waals surface area contributed by atoms with Gasteiger partial charge in [0.1, 0.15) is 5.75 Å². The van der Waals surface area contributed by atoms with Crippen LogP contribution in [0.4, 0.5) is 5.69 Å². The van der Waals surface area contributed by atoms with Crippen LogP contribution in [0, 0.1) is 0 Å². The second kappa shape index (κ2) is 7.18. The first-order valence-corrected chi connectivity index (χ1v) is 7.74. The van der Waals surface area contributed by atoms with Crippen LogP contribution in [0.5, 0.6) is 5.75 Å². The van der Waals surface area contributed by atoms with E-state index in [1.54, 1.807) is 6.92 Å². The number of hydrogen-bond acceptors (Lipinski definition) is 3. The highest BCUT2D eigenvalue weighted by molar-refractivity contribution is 5.81. The molecule has 0 saturated heterocycles. The van der Waals surface area contributed by atoms with E-state index >= 15 is 0 Å². The smallest absolute Gasteiger partial charge is 0.279 e. The third-order valence-electron chi connectivity index (χ3n) is 3.51. The van der Waals surface area contributed by atoms with E-state index in [0.29, 0.717) is 5.75 Å². The van der Waals surface area contributed by atoms with E-state index in [9.17, 15) is 4.79 Å². The molecule has 2 aromatic rings. The fraction of sp³-hybridized carbons (Fsp3) is 0.316. The number of carbonyl (C=O) groups excluding carboxylic acids is 1. The van der Waals surface area contributed by atoms with Crippen LogP contribution < -0.4 is 15.6 Å². The molecule has 2 rings (SSSR count). The van der Waals surface area contributed by atoms with E-state index in [2.05, 4.69) is 31.6 Å². The Hall–Kier alpha value is -2.49. The fourth-order valence-electron chi connectivity index (χ4n) is 2.05. The summed E-state index contributed by atoms with van der Waals surface area (Å²) in [6.07, 6.45) is -0.591. The quantitative estimate of drug-likeness (QED) is 0.823. The lowest BCUT2D eigenvalue weighted by atomic mass is 9.87. The molecular weight excluding hydrogens is 288 g/mol. The maximum Gasteiger partial charge on any atom is 0.279 e. The first-order valence-electron chi connectivity index (χ1n) is 7.74. The zero-order chi connectivity index (χ0) is 16.9. The number of anilines is 1. The number of rotatable bonds is 5. The molecule has 0 aliphatic rings. The van der Waals surface area contributed by atoms with Gasteiger partial charge in [0.2, 0.25) is 0 Å². The Kier molecular flexibility index (Phi) is 5.27. The summed E-state index contributed by atoms with van der Waals surface area (Å²) < 4.78 is 5.68. The summed E-state index contributed by atoms with van der Waals surface area (Å²) in [5.41, 5.74) is 7.65. The third kappa shape index (κ3) is 5.02. The Labute approximate surface area is 137 Å². The van der Waals surface area contributed by atoms with Crippen molar-refractivity contribution >= 4 is 11.6 Å². The average Bonchev–Trinajstić information content (AvgIpc) is 2.53. The highest BCUT2D eigenvalue weighted by atomic mass is 16.5. The van der Waals surface area contributed by atoms with Gasteiger partial charge in [-0.3, -0.25) is 15.6 Å². The summed E-state index contributed by atoms with van der Waals surface area (Å²) in [6.45, 7) is 8.20. The fourth-order valence-corrected chi connectivity index (χ4v) is 2.05. The number of amides is 1. The minimum Gasteiger partial charge on any atom is -0.481 e. The van der Waals surface area contributed by atoms with Crippen molar-refractivity contribution in [3.63, 3.8) is 0 Å². The summed E-state index contributed by atoms with van der Waals surface area (Å²) in [7, 11) is 0. The second-order valence-corrected chi connectivity index (χ2v) is 6.51. The van der Waals surface area contributed by atoms with Gasteiger partial charge < -0.3 is 4.74 Å². The van der Waals surface area contributed by atoms with Gasteiger partial charge in [-0.25, -0.2) is 0 Å². The Bertz CT molecular complexity index is 631. The van der Waals surface area contributed by atoms with Crippen molar-refractivity contribution < 1.29 is 9.53 Å². The number of hydrogen-bond donors (Lipinski definition) is 2. The maximum absolute atomic E-state index is 12.0. The lowest BCUT2D eigenvalue weighted by Gasteiger charge is -2.20. The van der Waals surface area contributed by atoms with Crippen molar-refractivity contribution in [3.05, 3.63) is 60.2 Å². The zero-order valence-electron chi connectivity index (χ0n) is 14.1. The summed E-state index contributed by atoms with van der Waals surface area (Å²) in [4.78, 5) is 12.0. The van der Waals surface area contributed by atoms with Crippen molar-refractivity contribution in [3.8, 4) is 5.75 Å². The molecule has 2 N–H and O–H groups in total. The number of carbonyl (C=O) groups is 1. The number of para-hydroxylation sites is 1. The molecule has 1 unspecified atom stereocenters. The van der Waals surface area contributed by atoms with Crippen LogP contribution in [0.2, 0.25) is 0 Å². The van der Waals surface area contributed by atoms with E-state index in [1.807, 2.05) is 54.6 Å². The molecule has 0 aliphatic heterocycles. The standard InChI is InChI=1S/C19H24N2O2/c1-14(18(22)21-20-16-8-6-5-7-9-16)23-17-12-10-15(11-13-17)19(2,3)4/h5-14,20H,1-4H3,(H,21,22). The van der Waals surface area contributed by atoms with Crippen LogP contribution >= 0.6 is 0 Å². The molecule has 2 aromatic carbocycles. The second-order valence-electron chi connectivity index (χ2n) is 6.51. The van der Waals surface area contributed by atoms with E-state index in [1.165, 1.54) is 5.56 Å². The van der Waals surface area contributed by atoms with Crippen LogP contribution in [-0.2, 0) is 10.2 Å². The van der Waals surface area contributed by atoms with Gasteiger partial charge in [-0.1, -0.05) is 51.1 Å². The summed E-state index contributed by atoms with van der Waals surface area (Å²) in [5.74, 6) is 0.453. The molecule has 4 nitrogen and oxygen atoms in total. The van der Waals surface area contributed by atoms with Crippen molar-refractivity contribution in [2.45, 2.75) is 39.2 Å². The van der Waals surface area contributed by atoms with Crippen LogP contribution in [0.3, 0.4) is 0 Å². The molecule has 0 aromatic heterocycles. The van der Waals surface area contributed by atoms with Crippen LogP contribution in [0.25, 0.3) is 0 Å². The van der Waals surface area contributed by atoms with Crippen molar-refractivity contribution in [1.29, 1.82) is 0 Å². The van der Waals surface area contributed by atoms with E-state index < -0.39 is 6.10 Å². The molecule has 0 radical (unpaired) electrons. The Morgan fingerprint density at radius 3 is 2.17 bits per heavy atom. The van der Waals surface area contributed by atoms with Crippen molar-refractivity contribution in [2.24, 2.45) is 0 Å². The Morgan fingerprint density at radius 1 is 1.00 bits per heavy atom. The van der Waals surface area contributed by atoms with E-state index in [0.717, 1.165) is 5.69 Å². The molecular formula is C19H24N2O2. The van der Waals surface area contributed by atoms with Gasteiger partial charge in [0, 0.05) is 0 Å². The highest BCUT2D eigenvalue weighted by Gasteiger charge is 2.16. The van der Waals surface area contributed by atoms with Gasteiger partial charge in [-0.05, 0) is 42.2 Å². The molecule has 122 valence electrons. The first kappa shape index (κ1) is 16.9. The van der Waals surface area contributed by atoms with Gasteiger partial charge >= 0.3 is 0 Å². The maximum atomic E-state index is 12.0. The van der Waals surface area contributed by atoms with Crippen LogP contribution in [0.1, 0.15) is 33.3 Å². The topological polar surface area (TPSA) is 50.4 Å². The van der Waals surface area contributed by atoms with Crippen molar-refractivity contribution in [2.75, 3.05) is 5.43 Å². The molecule has 0 bridgehead atoms. The molecule has 4 heteroatoms. The normalized spacial score (nSPS) is 12.3. The minimum absolute atomic E-state index is 0.0983. The van der Waals surface area contributed by atoms with E-state index in [-0.39, 0.29) is 11.3 Å². The number of ether oxygens (including phenoxy) is 1. The SMILES string of the molecule is CC(Oc1ccc(C(C)(C)C)cc1)C(=O)NNc1ccccc1. The molecule has 0 saturated carbocycles. The minimum atomic E-state index is -0.591. The lowest BCUT2D eigenvalue weighted by molar-refractivity contribution is -0.126. The lowest BCUT2D eigenvalue weighted by Crippen LogP contribution is -2.39. The molecule has 0 fully saturated rings. The van der Waals surface area contributed by atoms with Crippen molar-refractivity contribution in [1.82, 2.24) is 5.43 Å². The average molecular weight is 312 g/mol. The third-order valence-corrected chi connectivity index (χ3v) is 3.51. The van der Waals surface area contributed by atoms with Crippen LogP contribution in [0.15, 0.2) is 54.6 Å². The predicted octanol–water partition coefficient (Wildman–Crippen LogP) is 3.89. The molecule has 1 atom stereocenters.